The van der Waals surface area contributed by atoms with Gasteiger partial charge in [-0.2, -0.15) is 9.61 Å². The molecule has 0 spiro atoms. The zero-order valence-corrected chi connectivity index (χ0v) is 22.2. The van der Waals surface area contributed by atoms with E-state index in [0.29, 0.717) is 25.3 Å². The van der Waals surface area contributed by atoms with Gasteiger partial charge in [-0.05, 0) is 44.4 Å². The Morgan fingerprint density at radius 2 is 1.97 bits per heavy atom. The van der Waals surface area contributed by atoms with Crippen molar-refractivity contribution < 1.29 is 18.7 Å². The van der Waals surface area contributed by atoms with E-state index in [-0.39, 0.29) is 41.8 Å². The van der Waals surface area contributed by atoms with Crippen molar-refractivity contribution in [1.29, 1.82) is 0 Å². The summed E-state index contributed by atoms with van der Waals surface area (Å²) in [6, 6.07) is 5.56. The Morgan fingerprint density at radius 1 is 1.15 bits per heavy atom. The normalized spacial score (nSPS) is 20.9. The molecule has 1 atom stereocenters. The van der Waals surface area contributed by atoms with E-state index in [4.69, 9.17) is 20.6 Å². The molecule has 2 saturated heterocycles. The molecule has 3 aromatic rings. The van der Waals surface area contributed by atoms with Crippen LogP contribution in [0.25, 0.3) is 5.65 Å². The molecule has 1 aromatic carbocycles. The molecule has 12 heteroatoms. The van der Waals surface area contributed by atoms with Gasteiger partial charge in [0, 0.05) is 57.4 Å². The van der Waals surface area contributed by atoms with Gasteiger partial charge in [-0.3, -0.25) is 9.59 Å². The Bertz CT molecular complexity index is 1440. The van der Waals surface area contributed by atoms with E-state index in [0.717, 1.165) is 55.2 Å². The van der Waals surface area contributed by atoms with Gasteiger partial charge in [-0.25, -0.2) is 9.37 Å². The van der Waals surface area contributed by atoms with Crippen LogP contribution in [-0.4, -0.2) is 83.7 Å². The van der Waals surface area contributed by atoms with Crippen molar-refractivity contribution in [2.24, 2.45) is 5.73 Å². The van der Waals surface area contributed by atoms with Crippen LogP contribution in [0.4, 0.5) is 16.0 Å². The lowest BCUT2D eigenvalue weighted by Crippen LogP contribution is -2.56. The van der Waals surface area contributed by atoms with Crippen molar-refractivity contribution >= 4 is 29.1 Å². The molecule has 11 nitrogen and oxygen atoms in total. The molecule has 3 aliphatic rings. The molecule has 2 bridgehead atoms. The van der Waals surface area contributed by atoms with Crippen LogP contribution in [0.3, 0.4) is 0 Å². The van der Waals surface area contributed by atoms with E-state index in [9.17, 15) is 14.0 Å². The minimum Gasteiger partial charge on any atom is -0.483 e. The molecule has 0 radical (unpaired) electrons. The van der Waals surface area contributed by atoms with Crippen molar-refractivity contribution in [1.82, 2.24) is 24.8 Å². The number of hydrogen-bond donors (Lipinski definition) is 2. The third-order valence-corrected chi connectivity index (χ3v) is 7.78. The summed E-state index contributed by atoms with van der Waals surface area (Å²) in [7, 11) is 1.96. The predicted octanol–water partition coefficient (Wildman–Crippen LogP) is 1.64. The van der Waals surface area contributed by atoms with E-state index >= 15 is 0 Å². The Balaban J connectivity index is 1.49. The van der Waals surface area contributed by atoms with E-state index in [1.807, 2.05) is 24.6 Å². The van der Waals surface area contributed by atoms with E-state index in [1.54, 1.807) is 4.90 Å². The van der Waals surface area contributed by atoms with Crippen LogP contribution in [0, 0.1) is 12.7 Å². The number of nitrogens with two attached hydrogens (primary N) is 1. The number of nitrogens with one attached hydrogen (secondary N) is 1. The molecule has 6 rings (SSSR count). The van der Waals surface area contributed by atoms with Gasteiger partial charge in [0.2, 0.25) is 0 Å². The van der Waals surface area contributed by atoms with E-state index in [2.05, 4.69) is 15.1 Å². The van der Waals surface area contributed by atoms with Crippen LogP contribution in [0.2, 0.25) is 0 Å². The number of fused-ring (bicyclic) bond motifs is 4. The number of anilines is 2. The number of likely N-dealkylation sites (N-methyl/N-ethyl adjacent to an activating group) is 1. The largest absolute Gasteiger partial charge is 0.483 e. The lowest BCUT2D eigenvalue weighted by atomic mass is 9.98. The highest BCUT2D eigenvalue weighted by molar-refractivity contribution is 5.97. The minimum atomic E-state index is -0.545. The second kappa shape index (κ2) is 9.99. The second-order valence-corrected chi connectivity index (χ2v) is 10.6. The molecule has 3 aliphatic heterocycles. The molecule has 2 amide bonds. The Morgan fingerprint density at radius 3 is 2.77 bits per heavy atom. The van der Waals surface area contributed by atoms with Crippen molar-refractivity contribution in [2.75, 3.05) is 56.2 Å². The number of ether oxygens (including phenoxy) is 1. The fraction of sp³-hybridized carbons (Fsp3) is 0.481. The molecule has 39 heavy (non-hydrogen) atoms. The van der Waals surface area contributed by atoms with E-state index in [1.165, 1.54) is 18.2 Å². The number of carbonyl (C=O) groups is 2. The monoisotopic (exact) mass is 536 g/mol. The summed E-state index contributed by atoms with van der Waals surface area (Å²) in [5.74, 6) is 0.667. The Kier molecular flexibility index (Phi) is 6.49. The molecule has 0 aliphatic carbocycles. The van der Waals surface area contributed by atoms with E-state index < -0.39 is 5.82 Å². The smallest absolute Gasteiger partial charge is 0.258 e. The highest BCUT2D eigenvalue weighted by atomic mass is 19.1. The third-order valence-electron chi connectivity index (χ3n) is 7.78. The Labute approximate surface area is 225 Å². The summed E-state index contributed by atoms with van der Waals surface area (Å²) >= 11 is 0. The molecule has 5 heterocycles. The van der Waals surface area contributed by atoms with Gasteiger partial charge in [0.1, 0.15) is 23.2 Å². The summed E-state index contributed by atoms with van der Waals surface area (Å²) in [4.78, 5) is 37.3. The maximum Gasteiger partial charge on any atom is 0.258 e. The standard InChI is InChI=1S/C27H33FN8O3/c1-16-25(34-13-18(29)14-34)31-23-12-20-21-5-3-4-9-35(21)27(38)19-11-17(28)6-7-22(19)39-15-24(37)30-8-10-33(2)26(16)36(23)32-20/h6-7,11-12,18,21H,3-5,8-10,13-15,29H2,1-2H3,(H,30,37). The van der Waals surface area contributed by atoms with Crippen molar-refractivity contribution in [2.45, 2.75) is 38.3 Å². The summed E-state index contributed by atoms with van der Waals surface area (Å²) < 4.78 is 21.8. The molecular weight excluding hydrogens is 503 g/mol. The van der Waals surface area contributed by atoms with Gasteiger partial charge < -0.3 is 30.5 Å². The minimum absolute atomic E-state index is 0.0939. The van der Waals surface area contributed by atoms with Gasteiger partial charge in [0.05, 0.1) is 17.3 Å². The van der Waals surface area contributed by atoms with Crippen LogP contribution >= 0.6 is 0 Å². The molecule has 0 saturated carbocycles. The third kappa shape index (κ3) is 4.62. The van der Waals surface area contributed by atoms with Gasteiger partial charge >= 0.3 is 0 Å². The van der Waals surface area contributed by atoms with Crippen LogP contribution < -0.4 is 25.6 Å². The van der Waals surface area contributed by atoms with Crippen LogP contribution in [-0.2, 0) is 4.79 Å². The number of rotatable bonds is 1. The van der Waals surface area contributed by atoms with Crippen molar-refractivity contribution in [3.8, 4) is 5.75 Å². The fourth-order valence-corrected chi connectivity index (χ4v) is 5.78. The fourth-order valence-electron chi connectivity index (χ4n) is 5.78. The van der Waals surface area contributed by atoms with Crippen molar-refractivity contribution in [3.05, 3.63) is 46.9 Å². The maximum atomic E-state index is 14.3. The molecule has 1 unspecified atom stereocenters. The first-order valence-corrected chi connectivity index (χ1v) is 13.4. The van der Waals surface area contributed by atoms with Gasteiger partial charge in [-0.15, -0.1) is 0 Å². The maximum absolute atomic E-state index is 14.3. The first-order chi connectivity index (χ1) is 18.8. The number of halogens is 1. The number of benzene rings is 1. The van der Waals surface area contributed by atoms with Gasteiger partial charge in [0.25, 0.3) is 11.8 Å². The number of aromatic nitrogens is 3. The topological polar surface area (TPSA) is 121 Å². The highest BCUT2D eigenvalue weighted by Crippen LogP contribution is 2.36. The summed E-state index contributed by atoms with van der Waals surface area (Å²) in [5.41, 5.74) is 8.54. The molecule has 2 fully saturated rings. The number of piperidine rings is 1. The quantitative estimate of drug-likeness (QED) is 0.482. The molecule has 206 valence electrons. The lowest BCUT2D eigenvalue weighted by molar-refractivity contribution is -0.123. The average Bonchev–Trinajstić information content (AvgIpc) is 3.32. The summed E-state index contributed by atoms with van der Waals surface area (Å²) in [5, 5.41) is 7.85. The number of amides is 2. The predicted molar refractivity (Wildman–Crippen MR) is 144 cm³/mol. The number of nitrogens with zero attached hydrogens (tertiary/aromatic N) is 6. The lowest BCUT2D eigenvalue weighted by Gasteiger charge is -2.39. The van der Waals surface area contributed by atoms with Crippen LogP contribution in [0.15, 0.2) is 24.3 Å². The zero-order valence-electron chi connectivity index (χ0n) is 22.2. The average molecular weight is 537 g/mol. The first-order valence-electron chi connectivity index (χ1n) is 13.4. The SMILES string of the molecule is Cc1c(N2CC(N)C2)nc2cc3nn2c1N(C)CCNC(=O)COc1ccc(F)cc1C(=O)N1CCCCC31. The van der Waals surface area contributed by atoms with Crippen molar-refractivity contribution in [3.63, 3.8) is 0 Å². The summed E-state index contributed by atoms with van der Waals surface area (Å²) in [6.07, 6.45) is 2.49. The highest BCUT2D eigenvalue weighted by Gasteiger charge is 2.34. The second-order valence-electron chi connectivity index (χ2n) is 10.6. The van der Waals surface area contributed by atoms with Crippen LogP contribution in [0.1, 0.15) is 46.9 Å². The molecule has 3 N–H and O–H groups in total. The summed E-state index contributed by atoms with van der Waals surface area (Å²) in [6.45, 7) is 4.59. The van der Waals surface area contributed by atoms with Gasteiger partial charge in [-0.1, -0.05) is 0 Å². The number of hydrogen-bond acceptors (Lipinski definition) is 8. The zero-order chi connectivity index (χ0) is 27.3. The molecule has 2 aromatic heterocycles. The van der Waals surface area contributed by atoms with Crippen LogP contribution in [0.5, 0.6) is 5.75 Å². The van der Waals surface area contributed by atoms with Gasteiger partial charge in [0.15, 0.2) is 12.3 Å². The molecular formula is C27H33FN8O3. The number of carbonyl (C=O) groups excluding carboxylic acids is 2. The Hall–Kier alpha value is -3.93. The first kappa shape index (κ1) is 25.4.